The minimum atomic E-state index is -0.105. The number of nitrogens with one attached hydrogen (secondary N) is 2. The molecule has 18 heavy (non-hydrogen) atoms. The first-order valence-electron chi connectivity index (χ1n) is 6.28. The van der Waals surface area contributed by atoms with E-state index in [1.807, 2.05) is 32.0 Å². The van der Waals surface area contributed by atoms with Gasteiger partial charge in [0.25, 0.3) is 5.91 Å². The summed E-state index contributed by atoms with van der Waals surface area (Å²) in [5, 5.41) is 15.0. The highest BCUT2D eigenvalue weighted by atomic mass is 16.3. The number of benzene rings is 1. The fourth-order valence-electron chi connectivity index (χ4n) is 1.86. The van der Waals surface area contributed by atoms with Crippen LogP contribution >= 0.6 is 0 Å². The van der Waals surface area contributed by atoms with Crippen molar-refractivity contribution in [2.45, 2.75) is 26.3 Å². The molecule has 0 aliphatic carbocycles. The van der Waals surface area contributed by atoms with Crippen LogP contribution in [0, 0.1) is 5.92 Å². The SMILES string of the molecule is CNc1ccccc1C(=O)NC(CCO)C(C)C. The van der Waals surface area contributed by atoms with Crippen LogP contribution in [0.5, 0.6) is 0 Å². The van der Waals surface area contributed by atoms with Gasteiger partial charge >= 0.3 is 0 Å². The Bertz CT molecular complexity index is 391. The average Bonchev–Trinajstić information content (AvgIpc) is 2.37. The number of carbonyl (C=O) groups excluding carboxylic acids is 1. The van der Waals surface area contributed by atoms with Crippen LogP contribution in [0.4, 0.5) is 5.69 Å². The lowest BCUT2D eigenvalue weighted by Crippen LogP contribution is -2.39. The number of hydrogen-bond donors (Lipinski definition) is 3. The minimum absolute atomic E-state index is 0.00703. The summed E-state index contributed by atoms with van der Waals surface area (Å²) in [6, 6.07) is 7.37. The second-order valence-corrected chi connectivity index (χ2v) is 4.63. The molecule has 0 saturated heterocycles. The van der Waals surface area contributed by atoms with E-state index < -0.39 is 0 Å². The third-order valence-corrected chi connectivity index (χ3v) is 3.00. The third-order valence-electron chi connectivity index (χ3n) is 3.00. The summed E-state index contributed by atoms with van der Waals surface area (Å²) in [4.78, 5) is 12.2. The molecule has 0 spiro atoms. The fourth-order valence-corrected chi connectivity index (χ4v) is 1.86. The predicted molar refractivity (Wildman–Crippen MR) is 73.8 cm³/mol. The first kappa shape index (κ1) is 14.5. The van der Waals surface area contributed by atoms with Crippen LogP contribution in [0.2, 0.25) is 0 Å². The Morgan fingerprint density at radius 3 is 2.56 bits per heavy atom. The maximum Gasteiger partial charge on any atom is 0.253 e. The molecule has 100 valence electrons. The minimum Gasteiger partial charge on any atom is -0.396 e. The van der Waals surface area contributed by atoms with E-state index >= 15 is 0 Å². The summed E-state index contributed by atoms with van der Waals surface area (Å²) in [7, 11) is 1.79. The molecule has 0 aliphatic heterocycles. The van der Waals surface area contributed by atoms with E-state index in [4.69, 9.17) is 5.11 Å². The number of amides is 1. The smallest absolute Gasteiger partial charge is 0.253 e. The predicted octanol–water partition coefficient (Wildman–Crippen LogP) is 1.87. The van der Waals surface area contributed by atoms with Gasteiger partial charge in [0.05, 0.1) is 5.56 Å². The first-order valence-corrected chi connectivity index (χ1v) is 6.28. The zero-order valence-electron chi connectivity index (χ0n) is 11.2. The number of para-hydroxylation sites is 1. The Morgan fingerprint density at radius 1 is 1.33 bits per heavy atom. The molecular formula is C14H22N2O2. The molecule has 0 fully saturated rings. The Labute approximate surface area is 108 Å². The average molecular weight is 250 g/mol. The summed E-state index contributed by atoms with van der Waals surface area (Å²) in [6.45, 7) is 4.14. The fraction of sp³-hybridized carbons (Fsp3) is 0.500. The number of aliphatic hydroxyl groups is 1. The van der Waals surface area contributed by atoms with E-state index in [2.05, 4.69) is 10.6 Å². The van der Waals surface area contributed by atoms with Gasteiger partial charge in [-0.15, -0.1) is 0 Å². The van der Waals surface area contributed by atoms with Gasteiger partial charge in [0.1, 0.15) is 0 Å². The lowest BCUT2D eigenvalue weighted by Gasteiger charge is -2.22. The molecule has 0 saturated carbocycles. The summed E-state index contributed by atoms with van der Waals surface area (Å²) in [5.41, 5.74) is 1.44. The van der Waals surface area contributed by atoms with Gasteiger partial charge in [-0.2, -0.15) is 0 Å². The molecule has 1 amide bonds. The van der Waals surface area contributed by atoms with E-state index in [0.29, 0.717) is 17.9 Å². The van der Waals surface area contributed by atoms with Crippen LogP contribution in [0.15, 0.2) is 24.3 Å². The van der Waals surface area contributed by atoms with Gasteiger partial charge in [0.15, 0.2) is 0 Å². The molecule has 1 atom stereocenters. The molecule has 0 aromatic heterocycles. The zero-order valence-corrected chi connectivity index (χ0v) is 11.2. The highest BCUT2D eigenvalue weighted by Crippen LogP contribution is 2.15. The normalized spacial score (nSPS) is 12.3. The van der Waals surface area contributed by atoms with E-state index in [1.54, 1.807) is 13.1 Å². The molecule has 1 aromatic rings. The van der Waals surface area contributed by atoms with Gasteiger partial charge in [-0.05, 0) is 24.5 Å². The van der Waals surface area contributed by atoms with Crippen molar-refractivity contribution in [2.24, 2.45) is 5.92 Å². The summed E-state index contributed by atoms with van der Waals surface area (Å²) < 4.78 is 0. The lowest BCUT2D eigenvalue weighted by molar-refractivity contribution is 0.0917. The maximum absolute atomic E-state index is 12.2. The van der Waals surface area contributed by atoms with E-state index in [9.17, 15) is 4.79 Å². The molecule has 4 nitrogen and oxygen atoms in total. The molecule has 1 aromatic carbocycles. The molecular weight excluding hydrogens is 228 g/mol. The summed E-state index contributed by atoms with van der Waals surface area (Å²) in [5.74, 6) is 0.190. The van der Waals surface area contributed by atoms with E-state index in [-0.39, 0.29) is 18.6 Å². The molecule has 3 N–H and O–H groups in total. The van der Waals surface area contributed by atoms with Gasteiger partial charge < -0.3 is 15.7 Å². The standard InChI is InChI=1S/C14H22N2O2/c1-10(2)12(8-9-17)16-14(18)11-6-4-5-7-13(11)15-3/h4-7,10,12,15,17H,8-9H2,1-3H3,(H,16,18). The largest absolute Gasteiger partial charge is 0.396 e. The van der Waals surface area contributed by atoms with Gasteiger partial charge in [0.2, 0.25) is 0 Å². The van der Waals surface area contributed by atoms with Crippen molar-refractivity contribution >= 4 is 11.6 Å². The van der Waals surface area contributed by atoms with Crippen molar-refractivity contribution in [3.8, 4) is 0 Å². The Hall–Kier alpha value is -1.55. The Balaban J connectivity index is 2.80. The number of hydrogen-bond acceptors (Lipinski definition) is 3. The second kappa shape index (κ2) is 7.01. The van der Waals surface area contributed by atoms with E-state index in [0.717, 1.165) is 5.69 Å². The quantitative estimate of drug-likeness (QED) is 0.722. The van der Waals surface area contributed by atoms with Gasteiger partial charge in [-0.1, -0.05) is 26.0 Å². The maximum atomic E-state index is 12.2. The molecule has 0 heterocycles. The molecule has 4 heteroatoms. The van der Waals surface area contributed by atoms with Crippen LogP contribution in [0.3, 0.4) is 0 Å². The van der Waals surface area contributed by atoms with E-state index in [1.165, 1.54) is 0 Å². The summed E-state index contributed by atoms with van der Waals surface area (Å²) in [6.07, 6.45) is 0.575. The molecule has 1 unspecified atom stereocenters. The number of carbonyl (C=O) groups is 1. The van der Waals surface area contributed by atoms with Crippen LogP contribution in [-0.2, 0) is 0 Å². The van der Waals surface area contributed by atoms with Gasteiger partial charge in [-0.25, -0.2) is 0 Å². The number of anilines is 1. The molecule has 0 radical (unpaired) electrons. The van der Waals surface area contributed by atoms with Crippen molar-refractivity contribution in [2.75, 3.05) is 19.0 Å². The monoisotopic (exact) mass is 250 g/mol. The van der Waals surface area contributed by atoms with Crippen molar-refractivity contribution in [3.05, 3.63) is 29.8 Å². The highest BCUT2D eigenvalue weighted by molar-refractivity contribution is 5.99. The highest BCUT2D eigenvalue weighted by Gasteiger charge is 2.18. The summed E-state index contributed by atoms with van der Waals surface area (Å²) >= 11 is 0. The Morgan fingerprint density at radius 2 is 2.00 bits per heavy atom. The topological polar surface area (TPSA) is 61.4 Å². The first-order chi connectivity index (χ1) is 8.60. The van der Waals surface area contributed by atoms with Gasteiger partial charge in [0, 0.05) is 25.4 Å². The van der Waals surface area contributed by atoms with Crippen molar-refractivity contribution in [1.29, 1.82) is 0 Å². The molecule has 0 aliphatic rings. The van der Waals surface area contributed by atoms with Crippen LogP contribution in [0.1, 0.15) is 30.6 Å². The van der Waals surface area contributed by atoms with Crippen LogP contribution in [-0.4, -0.2) is 30.7 Å². The third kappa shape index (κ3) is 3.74. The molecule has 1 rings (SSSR count). The number of aliphatic hydroxyl groups excluding tert-OH is 1. The van der Waals surface area contributed by atoms with Crippen molar-refractivity contribution in [3.63, 3.8) is 0 Å². The number of rotatable bonds is 6. The van der Waals surface area contributed by atoms with Gasteiger partial charge in [-0.3, -0.25) is 4.79 Å². The van der Waals surface area contributed by atoms with Crippen LogP contribution < -0.4 is 10.6 Å². The second-order valence-electron chi connectivity index (χ2n) is 4.63. The zero-order chi connectivity index (χ0) is 13.5. The van der Waals surface area contributed by atoms with Crippen LogP contribution in [0.25, 0.3) is 0 Å². The lowest BCUT2D eigenvalue weighted by atomic mass is 10.0. The van der Waals surface area contributed by atoms with Crippen molar-refractivity contribution < 1.29 is 9.90 Å². The van der Waals surface area contributed by atoms with Crippen molar-refractivity contribution in [1.82, 2.24) is 5.32 Å². The molecule has 0 bridgehead atoms. The Kier molecular flexibility index (Phi) is 5.65.